The number of nitrogens with one attached hydrogen (secondary N) is 1. The van der Waals surface area contributed by atoms with Crippen molar-refractivity contribution in [2.45, 2.75) is 13.5 Å². The average Bonchev–Trinajstić information content (AvgIpc) is 2.61. The first-order valence-corrected chi connectivity index (χ1v) is 9.88. The minimum atomic E-state index is -0.446. The number of aromatic nitrogens is 2. The molecule has 3 N–H and O–H groups in total. The van der Waals surface area contributed by atoms with E-state index in [0.29, 0.717) is 41.3 Å². The number of hydrogen-bond donors (Lipinski definition) is 3. The van der Waals surface area contributed by atoms with Crippen molar-refractivity contribution in [2.24, 2.45) is 45.8 Å². The Labute approximate surface area is 158 Å². The summed E-state index contributed by atoms with van der Waals surface area (Å²) in [6.07, 6.45) is 1.53. The molecule has 0 aliphatic heterocycles. The number of aliphatic hydroxyl groups excluding tert-OH is 2. The number of aromatic amines is 1. The quantitative estimate of drug-likeness (QED) is 0.595. The number of methoxy groups -OCH3 is 1. The van der Waals surface area contributed by atoms with E-state index >= 15 is 0 Å². The first-order valence-electron chi connectivity index (χ1n) is 9.09. The molecule has 4 unspecified atom stereocenters. The second kappa shape index (κ2) is 4.90. The molecule has 4 aliphatic rings. The summed E-state index contributed by atoms with van der Waals surface area (Å²) >= 11 is 3.19. The van der Waals surface area contributed by atoms with E-state index in [1.54, 1.807) is 7.11 Å². The summed E-state index contributed by atoms with van der Waals surface area (Å²) in [4.78, 5) is 26.3. The second-order valence-corrected chi connectivity index (χ2v) is 9.51. The Morgan fingerprint density at radius 3 is 2.38 bits per heavy atom. The third-order valence-corrected chi connectivity index (χ3v) is 9.50. The Morgan fingerprint density at radius 2 is 1.85 bits per heavy atom. The number of ether oxygens (including phenoxy) is 1. The molecule has 7 nitrogen and oxygen atoms in total. The van der Waals surface area contributed by atoms with Crippen LogP contribution in [0.25, 0.3) is 0 Å². The van der Waals surface area contributed by atoms with E-state index in [1.165, 1.54) is 10.8 Å². The predicted molar refractivity (Wildman–Crippen MR) is 95.5 cm³/mol. The van der Waals surface area contributed by atoms with Crippen molar-refractivity contribution in [3.63, 3.8) is 0 Å². The highest BCUT2D eigenvalue weighted by Crippen LogP contribution is 3.03. The van der Waals surface area contributed by atoms with Crippen molar-refractivity contribution < 1.29 is 14.9 Å². The fraction of sp³-hybridized carbons (Fsp3) is 0.778. The van der Waals surface area contributed by atoms with Gasteiger partial charge < -0.3 is 14.9 Å². The summed E-state index contributed by atoms with van der Waals surface area (Å²) < 4.78 is 7.25. The summed E-state index contributed by atoms with van der Waals surface area (Å²) in [6.45, 7) is 3.33. The zero-order valence-electron chi connectivity index (χ0n) is 14.7. The Kier molecular flexibility index (Phi) is 3.23. The molecule has 0 aromatic carbocycles. The van der Waals surface area contributed by atoms with Crippen LogP contribution in [0.4, 0.5) is 0 Å². The molecule has 0 radical (unpaired) electrons. The number of halogens is 1. The smallest absolute Gasteiger partial charge is 0.328 e. The van der Waals surface area contributed by atoms with Gasteiger partial charge in [0.25, 0.3) is 5.56 Å². The lowest BCUT2D eigenvalue weighted by Gasteiger charge is -3.04. The molecule has 1 aromatic rings. The summed E-state index contributed by atoms with van der Waals surface area (Å²) in [6, 6.07) is 0. The second-order valence-electron chi connectivity index (χ2n) is 8.65. The van der Waals surface area contributed by atoms with Gasteiger partial charge in [0.1, 0.15) is 0 Å². The third kappa shape index (κ3) is 1.29. The van der Waals surface area contributed by atoms with E-state index in [2.05, 4.69) is 27.8 Å². The maximum Gasteiger partial charge on any atom is 0.328 e. The van der Waals surface area contributed by atoms with Crippen LogP contribution in [0.5, 0.6) is 0 Å². The number of aliphatic hydroxyl groups is 2. The van der Waals surface area contributed by atoms with E-state index in [9.17, 15) is 19.8 Å². The van der Waals surface area contributed by atoms with E-state index in [1.807, 2.05) is 0 Å². The summed E-state index contributed by atoms with van der Waals surface area (Å²) in [5.74, 6) is 1.78. The number of rotatable bonds is 6. The van der Waals surface area contributed by atoms with Gasteiger partial charge in [-0.15, -0.1) is 0 Å². The average molecular weight is 427 g/mol. The lowest BCUT2D eigenvalue weighted by atomic mass is 8.99. The maximum absolute atomic E-state index is 12.3. The normalized spacial score (nSPS) is 49.3. The zero-order chi connectivity index (χ0) is 18.6. The number of H-pyrrole nitrogens is 1. The number of hydrogen-bond acceptors (Lipinski definition) is 5. The van der Waals surface area contributed by atoms with Crippen LogP contribution < -0.4 is 11.2 Å². The standard InChI is InChI=1S/C18H23BrN2O5/c1-8-16(6-22)11-9(4-26-2)12-13(11)18(16,17(8,12)7-23)5-21-3-10(19)14(24)20-15(21)25/h3,8-9,11-13,22-23H,4-7H2,1-2H3,(H,20,24,25)/t8-,9?,11?,12?,13?,16?,17?,18+. The van der Waals surface area contributed by atoms with Crippen LogP contribution in [-0.2, 0) is 11.3 Å². The molecule has 4 atom stereocenters. The molecule has 1 aromatic heterocycles. The number of fused-ring (bicyclic) bond motifs is 2. The summed E-state index contributed by atoms with van der Waals surface area (Å²) in [5, 5.41) is 20.8. The molecule has 0 saturated heterocycles. The monoisotopic (exact) mass is 426 g/mol. The Balaban J connectivity index is 1.60. The Hall–Kier alpha value is -0.960. The van der Waals surface area contributed by atoms with E-state index in [4.69, 9.17) is 4.74 Å². The lowest BCUT2D eigenvalue weighted by Crippen LogP contribution is -3.05. The van der Waals surface area contributed by atoms with Gasteiger partial charge >= 0.3 is 5.69 Å². The molecule has 142 valence electrons. The molecule has 1 heterocycles. The lowest BCUT2D eigenvalue weighted by molar-refractivity contribution is -0.603. The molecule has 0 bridgehead atoms. The first-order chi connectivity index (χ1) is 12.4. The molecular formula is C18H23BrN2O5. The fourth-order valence-electron chi connectivity index (χ4n) is 8.48. The van der Waals surface area contributed by atoms with Crippen molar-refractivity contribution in [1.29, 1.82) is 0 Å². The van der Waals surface area contributed by atoms with Crippen LogP contribution in [-0.4, -0.2) is 46.7 Å². The minimum absolute atomic E-state index is 0.0588. The molecular weight excluding hydrogens is 404 g/mol. The third-order valence-electron chi connectivity index (χ3n) is 8.93. The Morgan fingerprint density at radius 1 is 1.23 bits per heavy atom. The zero-order valence-corrected chi connectivity index (χ0v) is 16.3. The van der Waals surface area contributed by atoms with Gasteiger partial charge in [0.2, 0.25) is 0 Å². The maximum atomic E-state index is 12.3. The van der Waals surface area contributed by atoms with Crippen LogP contribution >= 0.6 is 15.9 Å². The van der Waals surface area contributed by atoms with Crippen molar-refractivity contribution in [2.75, 3.05) is 26.9 Å². The van der Waals surface area contributed by atoms with Crippen LogP contribution in [0.3, 0.4) is 0 Å². The van der Waals surface area contributed by atoms with E-state index < -0.39 is 11.2 Å². The van der Waals surface area contributed by atoms with Gasteiger partial charge in [-0.2, -0.15) is 0 Å². The van der Waals surface area contributed by atoms with Gasteiger partial charge in [-0.3, -0.25) is 14.3 Å². The van der Waals surface area contributed by atoms with Crippen molar-refractivity contribution in [3.05, 3.63) is 31.5 Å². The van der Waals surface area contributed by atoms with Crippen LogP contribution in [0.2, 0.25) is 0 Å². The van der Waals surface area contributed by atoms with Gasteiger partial charge in [0, 0.05) is 55.9 Å². The van der Waals surface area contributed by atoms with Gasteiger partial charge in [-0.1, -0.05) is 6.92 Å². The van der Waals surface area contributed by atoms with Gasteiger partial charge in [-0.05, 0) is 45.5 Å². The Bertz CT molecular complexity index is 884. The molecule has 5 rings (SSSR count). The highest BCUT2D eigenvalue weighted by atomic mass is 79.9. The SMILES string of the molecule is COCC1C2C3C1C1(CO)[C@H](C)C2(CO)[C@]31Cn1cc(Br)c(=O)[nH]c1=O. The molecule has 26 heavy (non-hydrogen) atoms. The van der Waals surface area contributed by atoms with E-state index in [0.717, 1.165) is 0 Å². The topological polar surface area (TPSA) is 105 Å². The highest BCUT2D eigenvalue weighted by Gasteiger charge is 3.04. The first kappa shape index (κ1) is 17.2. The minimum Gasteiger partial charge on any atom is -0.396 e. The van der Waals surface area contributed by atoms with E-state index in [-0.39, 0.29) is 35.4 Å². The predicted octanol–water partition coefficient (Wildman–Crippen LogP) is 0.0446. The fourth-order valence-corrected chi connectivity index (χ4v) is 8.82. The van der Waals surface area contributed by atoms with Crippen molar-refractivity contribution >= 4 is 15.9 Å². The van der Waals surface area contributed by atoms with Gasteiger partial charge in [0.05, 0.1) is 4.47 Å². The van der Waals surface area contributed by atoms with Crippen LogP contribution in [0.15, 0.2) is 20.3 Å². The number of nitrogens with zero attached hydrogens (tertiary/aromatic N) is 1. The largest absolute Gasteiger partial charge is 0.396 e. The molecule has 4 aliphatic carbocycles. The molecule has 8 heteroatoms. The summed E-state index contributed by atoms with van der Waals surface area (Å²) in [5.41, 5.74) is -1.72. The highest BCUT2D eigenvalue weighted by molar-refractivity contribution is 9.10. The molecule has 4 saturated carbocycles. The van der Waals surface area contributed by atoms with Crippen molar-refractivity contribution in [3.8, 4) is 0 Å². The van der Waals surface area contributed by atoms with Crippen molar-refractivity contribution in [1.82, 2.24) is 9.55 Å². The molecule has 4 fully saturated rings. The van der Waals surface area contributed by atoms with Crippen LogP contribution in [0.1, 0.15) is 6.92 Å². The van der Waals surface area contributed by atoms with Gasteiger partial charge in [0.15, 0.2) is 0 Å². The summed E-state index contributed by atoms with van der Waals surface area (Å²) in [7, 11) is 1.70. The van der Waals surface area contributed by atoms with Crippen LogP contribution in [0, 0.1) is 45.8 Å². The molecule has 0 amide bonds. The molecule has 0 spiro atoms. The van der Waals surface area contributed by atoms with Gasteiger partial charge in [-0.25, -0.2) is 4.79 Å².